The van der Waals surface area contributed by atoms with Crippen LogP contribution in [0.25, 0.3) is 10.8 Å². The van der Waals surface area contributed by atoms with Crippen LogP contribution in [0.1, 0.15) is 95.2 Å². The van der Waals surface area contributed by atoms with Crippen LogP contribution in [0.5, 0.6) is 5.75 Å². The zero-order valence-corrected chi connectivity index (χ0v) is 21.8. The van der Waals surface area contributed by atoms with E-state index in [0.29, 0.717) is 24.1 Å². The summed E-state index contributed by atoms with van der Waals surface area (Å²) in [5.74, 6) is -0.541. The molecule has 2 saturated heterocycles. The first-order valence-electron chi connectivity index (χ1n) is 14.0. The molecule has 2 aromatic rings. The molecule has 0 radical (unpaired) electrons. The third-order valence-electron chi connectivity index (χ3n) is 9.06. The Hall–Kier alpha value is -2.28. The zero-order valence-electron chi connectivity index (χ0n) is 21.8. The number of rotatable bonds is 6. The Morgan fingerprint density at radius 2 is 1.70 bits per heavy atom. The number of hydrogen-bond acceptors (Lipinski definition) is 3. The highest BCUT2D eigenvalue weighted by atomic mass is 19.4. The van der Waals surface area contributed by atoms with Crippen LogP contribution >= 0.6 is 0 Å². The Labute approximate surface area is 217 Å². The number of aliphatic carboxylic acids is 1. The third kappa shape index (κ3) is 5.34. The van der Waals surface area contributed by atoms with Gasteiger partial charge < -0.3 is 9.84 Å². The van der Waals surface area contributed by atoms with Crippen molar-refractivity contribution in [1.29, 1.82) is 0 Å². The van der Waals surface area contributed by atoms with Crippen molar-refractivity contribution >= 4 is 16.7 Å². The van der Waals surface area contributed by atoms with Gasteiger partial charge in [0, 0.05) is 18.1 Å². The molecule has 3 unspecified atom stereocenters. The second-order valence-electron chi connectivity index (χ2n) is 11.5. The maximum absolute atomic E-state index is 14.5. The fourth-order valence-electron chi connectivity index (χ4n) is 7.19. The molecule has 37 heavy (non-hydrogen) atoms. The van der Waals surface area contributed by atoms with Gasteiger partial charge in [-0.3, -0.25) is 9.69 Å². The normalized spacial score (nSPS) is 29.7. The van der Waals surface area contributed by atoms with Crippen LogP contribution in [0.4, 0.5) is 13.2 Å². The first-order valence-corrected chi connectivity index (χ1v) is 14.0. The smallest absolute Gasteiger partial charge is 0.420 e. The summed E-state index contributed by atoms with van der Waals surface area (Å²) in [6, 6.07) is 8.97. The molecular formula is C30H38F3NO3. The van der Waals surface area contributed by atoms with Crippen molar-refractivity contribution in [2.45, 2.75) is 108 Å². The lowest BCUT2D eigenvalue weighted by molar-refractivity contribution is -0.147. The van der Waals surface area contributed by atoms with Crippen molar-refractivity contribution in [3.05, 3.63) is 41.5 Å². The van der Waals surface area contributed by atoms with Gasteiger partial charge in [0.1, 0.15) is 11.3 Å². The summed E-state index contributed by atoms with van der Waals surface area (Å²) in [7, 11) is 0. The van der Waals surface area contributed by atoms with Crippen molar-refractivity contribution in [3.8, 4) is 5.75 Å². The van der Waals surface area contributed by atoms with Crippen molar-refractivity contribution in [2.75, 3.05) is 0 Å². The summed E-state index contributed by atoms with van der Waals surface area (Å²) >= 11 is 0. The number of benzene rings is 2. The maximum atomic E-state index is 14.5. The highest BCUT2D eigenvalue weighted by Crippen LogP contribution is 2.46. The molecule has 2 aromatic carbocycles. The molecular weight excluding hydrogens is 479 g/mol. The van der Waals surface area contributed by atoms with Gasteiger partial charge in [0.15, 0.2) is 0 Å². The van der Waals surface area contributed by atoms with Crippen LogP contribution in [0.3, 0.4) is 0 Å². The van der Waals surface area contributed by atoms with E-state index in [-0.39, 0.29) is 41.3 Å². The minimum absolute atomic E-state index is 0.0417. The Morgan fingerprint density at radius 1 is 1.05 bits per heavy atom. The number of carboxylic acid groups (broad SMARTS) is 1. The Bertz CT molecular complexity index is 1110. The highest BCUT2D eigenvalue weighted by molar-refractivity contribution is 5.89. The molecule has 1 aliphatic carbocycles. The van der Waals surface area contributed by atoms with Crippen LogP contribution < -0.4 is 4.74 Å². The average Bonchev–Trinajstić information content (AvgIpc) is 2.84. The SMILES string of the molecule is CCC(c1ccc2ccc(OC3CCC(C)CC3)c(C(F)(F)F)c2c1)N1C2CCCC1CC(C(=O)O)C2. The summed E-state index contributed by atoms with van der Waals surface area (Å²) in [6.07, 6.45) is 3.73. The van der Waals surface area contributed by atoms with Gasteiger partial charge in [0.05, 0.1) is 12.0 Å². The summed E-state index contributed by atoms with van der Waals surface area (Å²) < 4.78 is 49.6. The van der Waals surface area contributed by atoms with Crippen LogP contribution in [0.2, 0.25) is 0 Å². The molecule has 5 rings (SSSR count). The zero-order chi connectivity index (χ0) is 26.3. The summed E-state index contributed by atoms with van der Waals surface area (Å²) in [4.78, 5) is 14.2. The molecule has 0 spiro atoms. The molecule has 2 heterocycles. The van der Waals surface area contributed by atoms with E-state index in [4.69, 9.17) is 4.74 Å². The topological polar surface area (TPSA) is 49.8 Å². The monoisotopic (exact) mass is 517 g/mol. The van der Waals surface area contributed by atoms with Crippen molar-refractivity contribution in [2.24, 2.45) is 11.8 Å². The van der Waals surface area contributed by atoms with Crippen LogP contribution in [0.15, 0.2) is 30.3 Å². The van der Waals surface area contributed by atoms with Gasteiger partial charge in [0.25, 0.3) is 0 Å². The second-order valence-corrected chi connectivity index (χ2v) is 11.5. The van der Waals surface area contributed by atoms with E-state index in [1.165, 1.54) is 6.07 Å². The number of carboxylic acids is 1. The number of fused-ring (bicyclic) bond motifs is 3. The minimum atomic E-state index is -4.53. The van der Waals surface area contributed by atoms with E-state index >= 15 is 0 Å². The standard InChI is InChI=1S/C30H38F3NO3/c1-3-26(34-22-5-4-6-23(34)16-21(15-22)29(35)36)20-10-9-19-11-14-27(28(25(19)17-20)30(31,32)33)37-24-12-7-18(2)8-13-24/h9-11,14,17-18,21-24,26H,3-8,12-13,15-16H2,1-2H3,(H,35,36). The van der Waals surface area contributed by atoms with Gasteiger partial charge in [-0.15, -0.1) is 0 Å². The lowest BCUT2D eigenvalue weighted by atomic mass is 9.76. The number of alkyl halides is 3. The predicted molar refractivity (Wildman–Crippen MR) is 138 cm³/mol. The van der Waals surface area contributed by atoms with Gasteiger partial charge in [-0.2, -0.15) is 13.2 Å². The predicted octanol–water partition coefficient (Wildman–Crippen LogP) is 7.98. The quantitative estimate of drug-likeness (QED) is 0.422. The maximum Gasteiger partial charge on any atom is 0.420 e. The lowest BCUT2D eigenvalue weighted by Gasteiger charge is -2.51. The third-order valence-corrected chi connectivity index (χ3v) is 9.06. The lowest BCUT2D eigenvalue weighted by Crippen LogP contribution is -2.54. The molecule has 2 bridgehead atoms. The molecule has 1 N–H and O–H groups in total. The Balaban J connectivity index is 1.51. The largest absolute Gasteiger partial charge is 0.490 e. The fraction of sp³-hybridized carbons (Fsp3) is 0.633. The number of ether oxygens (including phenoxy) is 1. The number of hydrogen-bond donors (Lipinski definition) is 1. The van der Waals surface area contributed by atoms with Gasteiger partial charge >= 0.3 is 12.1 Å². The molecule has 0 amide bonds. The number of piperidine rings is 2. The van der Waals surface area contributed by atoms with Crippen LogP contribution in [-0.4, -0.2) is 34.2 Å². The average molecular weight is 518 g/mol. The number of halogens is 3. The molecule has 4 nitrogen and oxygen atoms in total. The Kier molecular flexibility index (Phi) is 7.45. The molecule has 1 saturated carbocycles. The van der Waals surface area contributed by atoms with E-state index in [1.807, 2.05) is 6.07 Å². The molecule has 3 atom stereocenters. The molecule has 0 aromatic heterocycles. The molecule has 7 heteroatoms. The summed E-state index contributed by atoms with van der Waals surface area (Å²) in [5.41, 5.74) is 0.194. The number of nitrogens with zero attached hydrogens (tertiary/aromatic N) is 1. The van der Waals surface area contributed by atoms with Gasteiger partial charge in [-0.05, 0) is 92.2 Å². The van der Waals surface area contributed by atoms with Crippen molar-refractivity contribution in [1.82, 2.24) is 4.90 Å². The van der Waals surface area contributed by atoms with Gasteiger partial charge in [-0.1, -0.05) is 38.5 Å². The van der Waals surface area contributed by atoms with Crippen molar-refractivity contribution < 1.29 is 27.8 Å². The van der Waals surface area contributed by atoms with Crippen molar-refractivity contribution in [3.63, 3.8) is 0 Å². The molecule has 202 valence electrons. The highest BCUT2D eigenvalue weighted by Gasteiger charge is 2.44. The molecule has 2 aliphatic heterocycles. The first kappa shape index (κ1) is 26.3. The molecule has 3 aliphatic rings. The van der Waals surface area contributed by atoms with E-state index < -0.39 is 17.7 Å². The van der Waals surface area contributed by atoms with E-state index in [1.54, 1.807) is 18.2 Å². The second kappa shape index (κ2) is 10.5. The van der Waals surface area contributed by atoms with E-state index in [9.17, 15) is 23.1 Å². The number of carbonyl (C=O) groups is 1. The van der Waals surface area contributed by atoms with Crippen LogP contribution in [0, 0.1) is 11.8 Å². The van der Waals surface area contributed by atoms with Crippen LogP contribution in [-0.2, 0) is 11.0 Å². The first-order chi connectivity index (χ1) is 17.7. The minimum Gasteiger partial charge on any atom is -0.490 e. The van der Waals surface area contributed by atoms with Gasteiger partial charge in [-0.25, -0.2) is 0 Å². The van der Waals surface area contributed by atoms with E-state index in [2.05, 4.69) is 18.7 Å². The Morgan fingerprint density at radius 3 is 2.30 bits per heavy atom. The summed E-state index contributed by atoms with van der Waals surface area (Å²) in [5, 5.41) is 10.4. The molecule has 3 fully saturated rings. The van der Waals surface area contributed by atoms with E-state index in [0.717, 1.165) is 56.9 Å². The van der Waals surface area contributed by atoms with Gasteiger partial charge in [0.2, 0.25) is 0 Å². The summed E-state index contributed by atoms with van der Waals surface area (Å²) in [6.45, 7) is 4.25. The fourth-order valence-corrected chi connectivity index (χ4v) is 7.19.